The average molecular weight is 586 g/mol. The third kappa shape index (κ3) is 5.34. The quantitative estimate of drug-likeness (QED) is 0.267. The van der Waals surface area contributed by atoms with Crippen LogP contribution < -0.4 is 16.0 Å². The van der Waals surface area contributed by atoms with Crippen molar-refractivity contribution < 1.29 is 13.5 Å². The first-order chi connectivity index (χ1) is 19.0. The second-order valence-electron chi connectivity index (χ2n) is 10.1. The molecule has 14 heteroatoms. The number of benzene rings is 1. The molecule has 4 N–H and O–H groups in total. The van der Waals surface area contributed by atoms with E-state index in [4.69, 9.17) is 17.3 Å². The maximum atomic E-state index is 12.0. The third-order valence-corrected chi connectivity index (χ3v) is 8.77. The minimum Gasteiger partial charge on any atom is -0.394 e. The molecule has 12 nitrogen and oxygen atoms in total. The Morgan fingerprint density at radius 3 is 2.67 bits per heavy atom. The van der Waals surface area contributed by atoms with Crippen molar-refractivity contribution in [2.75, 3.05) is 36.7 Å². The van der Waals surface area contributed by atoms with Gasteiger partial charge in [-0.25, -0.2) is 23.4 Å². The van der Waals surface area contributed by atoms with E-state index in [0.717, 1.165) is 22.0 Å². The molecule has 0 spiro atoms. The van der Waals surface area contributed by atoms with Gasteiger partial charge in [0.15, 0.2) is 11.0 Å². The van der Waals surface area contributed by atoms with Crippen LogP contribution in [-0.4, -0.2) is 81.2 Å². The standard InChI is InChI=1S/C26H32ClN9O3S/c1-15(2)16-5-6-20(36-14-21(25(36)28)34(3)40(4,38)39)18-12-30-23(11-17(16)18)31-22-7-8-29-26(32-22)19-13-35(9-10-37)33-24(19)27/h5-8,11-13,15,21,25,37H,9-10,14,28H2,1-4H3,(H,29,30,31,32)/t21-,25-/m0/s1. The number of anilines is 3. The first kappa shape index (κ1) is 28.2. The van der Waals surface area contributed by atoms with Crippen molar-refractivity contribution >= 4 is 49.7 Å². The van der Waals surface area contributed by atoms with Crippen molar-refractivity contribution in [3.05, 3.63) is 53.6 Å². The molecule has 1 aromatic carbocycles. The van der Waals surface area contributed by atoms with Crippen LogP contribution in [0.15, 0.2) is 42.9 Å². The normalized spacial score (nSPS) is 17.6. The van der Waals surface area contributed by atoms with Crippen molar-refractivity contribution in [3.8, 4) is 11.4 Å². The second-order valence-corrected chi connectivity index (χ2v) is 12.5. The van der Waals surface area contributed by atoms with Crippen LogP contribution in [0.3, 0.4) is 0 Å². The van der Waals surface area contributed by atoms with Gasteiger partial charge in [-0.15, -0.1) is 0 Å². The molecule has 1 fully saturated rings. The summed E-state index contributed by atoms with van der Waals surface area (Å²) in [4.78, 5) is 15.6. The molecule has 0 bridgehead atoms. The summed E-state index contributed by atoms with van der Waals surface area (Å²) in [6, 6.07) is 7.52. The lowest BCUT2D eigenvalue weighted by atomic mass is 9.94. The van der Waals surface area contributed by atoms with Crippen LogP contribution in [0.2, 0.25) is 5.15 Å². The summed E-state index contributed by atoms with van der Waals surface area (Å²) in [6.07, 6.45) is 5.84. The van der Waals surface area contributed by atoms with E-state index in [-0.39, 0.29) is 23.7 Å². The molecule has 1 saturated heterocycles. The number of aromatic nitrogens is 5. The summed E-state index contributed by atoms with van der Waals surface area (Å²) in [5, 5.41) is 18.8. The van der Waals surface area contributed by atoms with Gasteiger partial charge in [0, 0.05) is 43.3 Å². The van der Waals surface area contributed by atoms with Gasteiger partial charge < -0.3 is 21.1 Å². The third-order valence-electron chi connectivity index (χ3n) is 7.17. The van der Waals surface area contributed by atoms with Crippen LogP contribution in [0.25, 0.3) is 22.2 Å². The molecule has 5 rings (SSSR count). The highest BCUT2D eigenvalue weighted by Crippen LogP contribution is 2.38. The number of pyridine rings is 1. The van der Waals surface area contributed by atoms with Gasteiger partial charge in [0.05, 0.1) is 37.2 Å². The molecule has 0 saturated carbocycles. The number of nitrogens with zero attached hydrogens (tertiary/aromatic N) is 7. The van der Waals surface area contributed by atoms with E-state index in [1.807, 2.05) is 17.0 Å². The Bertz CT molecular complexity index is 1660. The summed E-state index contributed by atoms with van der Waals surface area (Å²) in [6.45, 7) is 5.01. The van der Waals surface area contributed by atoms with Crippen molar-refractivity contribution in [2.24, 2.45) is 5.73 Å². The maximum Gasteiger partial charge on any atom is 0.211 e. The molecule has 0 radical (unpaired) electrons. The fourth-order valence-electron chi connectivity index (χ4n) is 4.86. The van der Waals surface area contributed by atoms with Crippen molar-refractivity contribution in [1.29, 1.82) is 0 Å². The van der Waals surface area contributed by atoms with Crippen LogP contribution in [-0.2, 0) is 16.6 Å². The van der Waals surface area contributed by atoms with Gasteiger partial charge in [-0.3, -0.25) is 4.68 Å². The largest absolute Gasteiger partial charge is 0.394 e. The number of nitrogens with one attached hydrogen (secondary N) is 1. The van der Waals surface area contributed by atoms with Crippen LogP contribution in [0.4, 0.5) is 17.3 Å². The Morgan fingerprint density at radius 1 is 1.23 bits per heavy atom. The van der Waals surface area contributed by atoms with Gasteiger partial charge in [0.2, 0.25) is 10.0 Å². The first-order valence-electron chi connectivity index (χ1n) is 12.8. The number of hydrogen-bond donors (Lipinski definition) is 3. The number of likely N-dealkylation sites (N-methyl/N-ethyl adjacent to an activating group) is 1. The Hall–Kier alpha value is -3.36. The maximum absolute atomic E-state index is 12.0. The molecule has 212 valence electrons. The minimum atomic E-state index is -3.35. The number of rotatable bonds is 9. The molecule has 40 heavy (non-hydrogen) atoms. The summed E-state index contributed by atoms with van der Waals surface area (Å²) < 4.78 is 26.9. The zero-order chi connectivity index (χ0) is 28.8. The van der Waals surface area contributed by atoms with Gasteiger partial charge in [-0.2, -0.15) is 9.40 Å². The van der Waals surface area contributed by atoms with Gasteiger partial charge >= 0.3 is 0 Å². The lowest BCUT2D eigenvalue weighted by molar-refractivity contribution is 0.243. The number of halogens is 1. The number of aliphatic hydroxyl groups excluding tert-OH is 1. The topological polar surface area (TPSA) is 155 Å². The molecule has 4 heterocycles. The van der Waals surface area contributed by atoms with E-state index in [2.05, 4.69) is 45.3 Å². The Labute approximate surface area is 237 Å². The molecule has 3 aromatic heterocycles. The fourth-order valence-corrected chi connectivity index (χ4v) is 5.77. The Balaban J connectivity index is 1.45. The van der Waals surface area contributed by atoms with E-state index < -0.39 is 16.2 Å². The van der Waals surface area contributed by atoms with E-state index >= 15 is 0 Å². The van der Waals surface area contributed by atoms with Crippen LogP contribution >= 0.6 is 11.6 Å². The van der Waals surface area contributed by atoms with Crippen LogP contribution in [0, 0.1) is 0 Å². The fraction of sp³-hybridized carbons (Fsp3) is 0.385. The Kier molecular flexibility index (Phi) is 7.68. The summed E-state index contributed by atoms with van der Waals surface area (Å²) in [5.74, 6) is 1.78. The number of nitrogens with two attached hydrogens (primary N) is 1. The zero-order valence-electron chi connectivity index (χ0n) is 22.7. The SMILES string of the molecule is CC(C)c1ccc(N2C[C@H](N(C)S(C)(=O)=O)[C@H]2N)c2cnc(Nc3ccnc(-c4cn(CCO)nc4Cl)n3)cc12. The van der Waals surface area contributed by atoms with E-state index in [0.29, 0.717) is 36.1 Å². The van der Waals surface area contributed by atoms with E-state index in [9.17, 15) is 13.5 Å². The summed E-state index contributed by atoms with van der Waals surface area (Å²) in [5.41, 5.74) is 9.07. The summed E-state index contributed by atoms with van der Waals surface area (Å²) >= 11 is 6.28. The molecular formula is C26H32ClN9O3S. The number of fused-ring (bicyclic) bond motifs is 1. The summed E-state index contributed by atoms with van der Waals surface area (Å²) in [7, 11) is -1.79. The molecule has 2 atom stereocenters. The highest BCUT2D eigenvalue weighted by Gasteiger charge is 2.42. The minimum absolute atomic E-state index is 0.0599. The second kappa shape index (κ2) is 10.9. The predicted octanol–water partition coefficient (Wildman–Crippen LogP) is 2.77. The van der Waals surface area contributed by atoms with Gasteiger partial charge in [0.25, 0.3) is 0 Å². The number of aliphatic hydroxyl groups is 1. The lowest BCUT2D eigenvalue weighted by Crippen LogP contribution is -2.70. The first-order valence-corrected chi connectivity index (χ1v) is 15.0. The van der Waals surface area contributed by atoms with E-state index in [1.54, 1.807) is 36.4 Å². The monoisotopic (exact) mass is 585 g/mol. The van der Waals surface area contributed by atoms with Crippen LogP contribution in [0.5, 0.6) is 0 Å². The lowest BCUT2D eigenvalue weighted by Gasteiger charge is -2.50. The zero-order valence-corrected chi connectivity index (χ0v) is 24.2. The number of sulfonamides is 1. The van der Waals surface area contributed by atoms with Gasteiger partial charge in [-0.05, 0) is 35.1 Å². The van der Waals surface area contributed by atoms with E-state index in [1.165, 1.54) is 10.6 Å². The van der Waals surface area contributed by atoms with Crippen LogP contribution in [0.1, 0.15) is 25.3 Å². The van der Waals surface area contributed by atoms with Gasteiger partial charge in [0.1, 0.15) is 11.6 Å². The smallest absolute Gasteiger partial charge is 0.211 e. The molecule has 1 aliphatic rings. The van der Waals surface area contributed by atoms with Crippen molar-refractivity contribution in [1.82, 2.24) is 29.0 Å². The Morgan fingerprint density at radius 2 is 2.00 bits per heavy atom. The van der Waals surface area contributed by atoms with Gasteiger partial charge in [-0.1, -0.05) is 31.5 Å². The predicted molar refractivity (Wildman–Crippen MR) is 156 cm³/mol. The van der Waals surface area contributed by atoms with Crippen molar-refractivity contribution in [3.63, 3.8) is 0 Å². The highest BCUT2D eigenvalue weighted by molar-refractivity contribution is 7.88. The number of hydrogen-bond acceptors (Lipinski definition) is 10. The molecule has 0 aliphatic carbocycles. The molecule has 0 unspecified atom stereocenters. The average Bonchev–Trinajstić information content (AvgIpc) is 3.27. The molecule has 1 aliphatic heterocycles. The molecule has 4 aromatic rings. The molecular weight excluding hydrogens is 554 g/mol. The molecule has 0 amide bonds. The van der Waals surface area contributed by atoms with Crippen molar-refractivity contribution in [2.45, 2.75) is 38.5 Å². The highest BCUT2D eigenvalue weighted by atomic mass is 35.5.